The lowest BCUT2D eigenvalue weighted by Crippen LogP contribution is -2.48. The van der Waals surface area contributed by atoms with Crippen LogP contribution in [0.2, 0.25) is 0 Å². The monoisotopic (exact) mass is 248 g/mol. The second-order valence-electron chi connectivity index (χ2n) is 4.84. The Balaban J connectivity index is 2.36. The zero-order valence-electron chi connectivity index (χ0n) is 10.7. The molecular weight excluding hydrogens is 228 g/mol. The van der Waals surface area contributed by atoms with Gasteiger partial charge in [0, 0.05) is 17.8 Å². The minimum atomic E-state index is -0.545. The minimum absolute atomic E-state index is 0.251. The molecule has 0 bridgehead atoms. The first-order valence-corrected chi connectivity index (χ1v) is 6.44. The fourth-order valence-electron chi connectivity index (χ4n) is 2.62. The van der Waals surface area contributed by atoms with Crippen molar-refractivity contribution in [1.29, 1.82) is 0 Å². The molecule has 0 saturated carbocycles. The third-order valence-electron chi connectivity index (χ3n) is 3.53. The number of nitrogens with zero attached hydrogens (tertiary/aromatic N) is 1. The Hall–Kier alpha value is -1.55. The maximum absolute atomic E-state index is 11.5. The minimum Gasteiger partial charge on any atom is -0.389 e. The maximum atomic E-state index is 11.5. The van der Waals surface area contributed by atoms with Crippen molar-refractivity contribution in [3.05, 3.63) is 29.8 Å². The van der Waals surface area contributed by atoms with Crippen molar-refractivity contribution in [2.24, 2.45) is 5.73 Å². The van der Waals surface area contributed by atoms with Crippen molar-refractivity contribution >= 4 is 11.6 Å². The largest absolute Gasteiger partial charge is 0.389 e. The van der Waals surface area contributed by atoms with Gasteiger partial charge in [0.2, 0.25) is 5.91 Å². The third kappa shape index (κ3) is 2.48. The van der Waals surface area contributed by atoms with Gasteiger partial charge in [-0.15, -0.1) is 0 Å². The van der Waals surface area contributed by atoms with Crippen LogP contribution in [0.3, 0.4) is 0 Å². The first kappa shape index (κ1) is 12.9. The van der Waals surface area contributed by atoms with Crippen LogP contribution >= 0.6 is 0 Å². The topological polar surface area (TPSA) is 66.6 Å². The SMILES string of the molecule is CC(O)c1ccccc1N1CCCCC1C(N)=O. The summed E-state index contributed by atoms with van der Waals surface area (Å²) in [6.45, 7) is 2.55. The lowest BCUT2D eigenvalue weighted by atomic mass is 9.98. The summed E-state index contributed by atoms with van der Waals surface area (Å²) < 4.78 is 0. The Morgan fingerprint density at radius 1 is 1.44 bits per heavy atom. The second kappa shape index (κ2) is 5.40. The third-order valence-corrected chi connectivity index (χ3v) is 3.53. The van der Waals surface area contributed by atoms with Crippen molar-refractivity contribution in [2.75, 3.05) is 11.4 Å². The predicted molar refractivity (Wildman–Crippen MR) is 71.3 cm³/mol. The Bertz CT molecular complexity index is 432. The number of para-hydroxylation sites is 1. The number of aliphatic hydroxyl groups excluding tert-OH is 1. The molecule has 4 nitrogen and oxygen atoms in total. The highest BCUT2D eigenvalue weighted by Crippen LogP contribution is 2.31. The van der Waals surface area contributed by atoms with Gasteiger partial charge < -0.3 is 15.7 Å². The van der Waals surface area contributed by atoms with Crippen LogP contribution in [-0.2, 0) is 4.79 Å². The van der Waals surface area contributed by atoms with E-state index in [1.54, 1.807) is 6.92 Å². The molecule has 1 amide bonds. The smallest absolute Gasteiger partial charge is 0.240 e. The van der Waals surface area contributed by atoms with Crippen LogP contribution in [0.25, 0.3) is 0 Å². The molecule has 1 aromatic carbocycles. The highest BCUT2D eigenvalue weighted by molar-refractivity contribution is 5.84. The van der Waals surface area contributed by atoms with E-state index >= 15 is 0 Å². The van der Waals surface area contributed by atoms with Crippen LogP contribution in [0.5, 0.6) is 0 Å². The Morgan fingerprint density at radius 3 is 2.83 bits per heavy atom. The van der Waals surface area contributed by atoms with E-state index < -0.39 is 6.10 Å². The average Bonchev–Trinajstić information content (AvgIpc) is 2.38. The van der Waals surface area contributed by atoms with Gasteiger partial charge in [-0.05, 0) is 32.3 Å². The highest BCUT2D eigenvalue weighted by atomic mass is 16.3. The van der Waals surface area contributed by atoms with Gasteiger partial charge in [-0.25, -0.2) is 0 Å². The molecule has 18 heavy (non-hydrogen) atoms. The zero-order chi connectivity index (χ0) is 13.1. The van der Waals surface area contributed by atoms with Gasteiger partial charge in [0.25, 0.3) is 0 Å². The lowest BCUT2D eigenvalue weighted by molar-refractivity contribution is -0.119. The van der Waals surface area contributed by atoms with Crippen molar-refractivity contribution in [1.82, 2.24) is 0 Å². The molecule has 1 fully saturated rings. The van der Waals surface area contributed by atoms with E-state index in [2.05, 4.69) is 0 Å². The van der Waals surface area contributed by atoms with Crippen LogP contribution in [0.4, 0.5) is 5.69 Å². The molecule has 98 valence electrons. The molecular formula is C14H20N2O2. The van der Waals surface area contributed by atoms with Gasteiger partial charge >= 0.3 is 0 Å². The Kier molecular flexibility index (Phi) is 3.87. The van der Waals surface area contributed by atoms with Gasteiger partial charge in [0.05, 0.1) is 6.10 Å². The number of anilines is 1. The van der Waals surface area contributed by atoms with Crippen molar-refractivity contribution < 1.29 is 9.90 Å². The number of rotatable bonds is 3. The second-order valence-corrected chi connectivity index (χ2v) is 4.84. The molecule has 0 aliphatic carbocycles. The molecule has 0 spiro atoms. The molecule has 1 aliphatic heterocycles. The van der Waals surface area contributed by atoms with Crippen LogP contribution in [0.1, 0.15) is 37.9 Å². The number of benzene rings is 1. The Labute approximate surface area is 107 Å². The van der Waals surface area contributed by atoms with Crippen LogP contribution in [0.15, 0.2) is 24.3 Å². The van der Waals surface area contributed by atoms with E-state index in [9.17, 15) is 9.90 Å². The number of nitrogens with two attached hydrogens (primary N) is 1. The van der Waals surface area contributed by atoms with E-state index in [4.69, 9.17) is 5.73 Å². The predicted octanol–water partition coefficient (Wildman–Crippen LogP) is 1.58. The maximum Gasteiger partial charge on any atom is 0.240 e. The van der Waals surface area contributed by atoms with Gasteiger partial charge in [-0.2, -0.15) is 0 Å². The summed E-state index contributed by atoms with van der Waals surface area (Å²) in [5.74, 6) is -0.282. The Morgan fingerprint density at radius 2 is 2.17 bits per heavy atom. The van der Waals surface area contributed by atoms with Crippen LogP contribution in [0, 0.1) is 0 Å². The summed E-state index contributed by atoms with van der Waals surface area (Å²) in [4.78, 5) is 13.6. The number of carbonyl (C=O) groups is 1. The summed E-state index contributed by atoms with van der Waals surface area (Å²) in [7, 11) is 0. The fraction of sp³-hybridized carbons (Fsp3) is 0.500. The molecule has 2 rings (SSSR count). The summed E-state index contributed by atoms with van der Waals surface area (Å²) in [5.41, 5.74) is 7.26. The van der Waals surface area contributed by atoms with Crippen molar-refractivity contribution in [3.63, 3.8) is 0 Å². The van der Waals surface area contributed by atoms with E-state index in [1.807, 2.05) is 29.2 Å². The molecule has 1 saturated heterocycles. The van der Waals surface area contributed by atoms with E-state index in [-0.39, 0.29) is 11.9 Å². The van der Waals surface area contributed by atoms with Gasteiger partial charge in [0.15, 0.2) is 0 Å². The standard InChI is InChI=1S/C14H20N2O2/c1-10(17)11-6-2-3-7-12(11)16-9-5-4-8-13(16)14(15)18/h2-3,6-7,10,13,17H,4-5,8-9H2,1H3,(H2,15,18). The molecule has 2 unspecified atom stereocenters. The first-order chi connectivity index (χ1) is 8.61. The molecule has 1 aromatic rings. The molecule has 3 N–H and O–H groups in total. The molecule has 2 atom stereocenters. The molecule has 1 heterocycles. The van der Waals surface area contributed by atoms with E-state index in [0.717, 1.165) is 37.1 Å². The quantitative estimate of drug-likeness (QED) is 0.853. The number of primary amides is 1. The van der Waals surface area contributed by atoms with Crippen molar-refractivity contribution in [3.8, 4) is 0 Å². The number of aliphatic hydroxyl groups is 1. The normalized spacial score (nSPS) is 21.7. The van der Waals surface area contributed by atoms with Gasteiger partial charge in [-0.1, -0.05) is 18.2 Å². The van der Waals surface area contributed by atoms with Crippen LogP contribution in [-0.4, -0.2) is 23.6 Å². The molecule has 0 aromatic heterocycles. The average molecular weight is 248 g/mol. The molecule has 0 radical (unpaired) electrons. The zero-order valence-corrected chi connectivity index (χ0v) is 10.7. The summed E-state index contributed by atoms with van der Waals surface area (Å²) in [6.07, 6.45) is 2.33. The number of hydrogen-bond donors (Lipinski definition) is 2. The van der Waals surface area contributed by atoms with E-state index in [1.165, 1.54) is 0 Å². The van der Waals surface area contributed by atoms with Crippen molar-refractivity contribution in [2.45, 2.75) is 38.3 Å². The van der Waals surface area contributed by atoms with Gasteiger partial charge in [0.1, 0.15) is 6.04 Å². The molecule has 4 heteroatoms. The summed E-state index contributed by atoms with van der Waals surface area (Å²) >= 11 is 0. The number of piperidine rings is 1. The summed E-state index contributed by atoms with van der Waals surface area (Å²) in [5, 5.41) is 9.82. The van der Waals surface area contributed by atoms with Crippen LogP contribution < -0.4 is 10.6 Å². The number of amides is 1. The molecule has 1 aliphatic rings. The van der Waals surface area contributed by atoms with E-state index in [0.29, 0.717) is 0 Å². The summed E-state index contributed by atoms with van der Waals surface area (Å²) in [6, 6.07) is 7.41. The highest BCUT2D eigenvalue weighted by Gasteiger charge is 2.28. The number of hydrogen-bond acceptors (Lipinski definition) is 3. The number of carbonyl (C=O) groups excluding carboxylic acids is 1. The fourth-order valence-corrected chi connectivity index (χ4v) is 2.62. The lowest BCUT2D eigenvalue weighted by Gasteiger charge is -2.37. The van der Waals surface area contributed by atoms with Gasteiger partial charge in [-0.3, -0.25) is 4.79 Å². The first-order valence-electron chi connectivity index (χ1n) is 6.44.